The van der Waals surface area contributed by atoms with Crippen molar-refractivity contribution in [1.29, 1.82) is 0 Å². The molecule has 3 aromatic carbocycles. The molecule has 0 aliphatic carbocycles. The second kappa shape index (κ2) is 11.9. The molecule has 0 saturated carbocycles. The molecule has 4 aromatic rings. The third-order valence-corrected chi connectivity index (χ3v) is 10.9. The van der Waals surface area contributed by atoms with E-state index in [0.717, 1.165) is 44.8 Å². The van der Waals surface area contributed by atoms with Gasteiger partial charge in [0, 0.05) is 16.5 Å². The van der Waals surface area contributed by atoms with Crippen molar-refractivity contribution in [1.82, 2.24) is 4.57 Å². The van der Waals surface area contributed by atoms with Gasteiger partial charge >= 0.3 is 14.2 Å². The van der Waals surface area contributed by atoms with Crippen LogP contribution < -0.4 is 10.9 Å². The Labute approximate surface area is 271 Å². The SMILES string of the molecule is CCCCCCCCc1ccc(-n2c3ccc(B4OC(C)(C)C(C)(C)O4)cc3c3cc(B4OC(C)(C)C(C)(C)O4)ccc32)cc1. The molecule has 0 atom stereocenters. The normalized spacial score (nSPS) is 20.1. The summed E-state index contributed by atoms with van der Waals surface area (Å²) in [5.74, 6) is 0. The highest BCUT2D eigenvalue weighted by atomic mass is 16.7. The topological polar surface area (TPSA) is 41.9 Å². The smallest absolute Gasteiger partial charge is 0.399 e. The number of nitrogens with zero attached hydrogens (tertiary/aromatic N) is 1. The lowest BCUT2D eigenvalue weighted by molar-refractivity contribution is 0.00578. The first-order valence-corrected chi connectivity index (χ1v) is 17.1. The summed E-state index contributed by atoms with van der Waals surface area (Å²) in [7, 11) is -0.851. The summed E-state index contributed by atoms with van der Waals surface area (Å²) in [5.41, 5.74) is 5.31. The number of aryl methyl sites for hydroxylation is 1. The molecule has 0 radical (unpaired) electrons. The van der Waals surface area contributed by atoms with Crippen LogP contribution in [0.3, 0.4) is 0 Å². The van der Waals surface area contributed by atoms with Crippen LogP contribution in [0.4, 0.5) is 0 Å². The maximum atomic E-state index is 6.46. The van der Waals surface area contributed by atoms with Crippen LogP contribution in [-0.4, -0.2) is 41.2 Å². The number of aromatic nitrogens is 1. The second-order valence-electron chi connectivity index (χ2n) is 15.2. The van der Waals surface area contributed by atoms with E-state index in [-0.39, 0.29) is 0 Å². The van der Waals surface area contributed by atoms with Gasteiger partial charge in [-0.2, -0.15) is 0 Å². The monoisotopic (exact) mass is 607 g/mol. The molecule has 0 spiro atoms. The Balaban J connectivity index is 1.38. The lowest BCUT2D eigenvalue weighted by Crippen LogP contribution is -2.41. The number of rotatable bonds is 10. The van der Waals surface area contributed by atoms with Gasteiger partial charge in [-0.1, -0.05) is 75.4 Å². The third-order valence-electron chi connectivity index (χ3n) is 10.9. The molecule has 6 rings (SSSR count). The summed E-state index contributed by atoms with van der Waals surface area (Å²) in [6, 6.07) is 22.4. The van der Waals surface area contributed by atoms with Crippen LogP contribution in [-0.2, 0) is 25.0 Å². The fourth-order valence-corrected chi connectivity index (χ4v) is 6.51. The zero-order valence-electron chi connectivity index (χ0n) is 29.0. The van der Waals surface area contributed by atoms with E-state index in [0.29, 0.717) is 0 Å². The third kappa shape index (κ3) is 6.02. The second-order valence-corrected chi connectivity index (χ2v) is 15.2. The molecule has 2 fully saturated rings. The van der Waals surface area contributed by atoms with E-state index in [1.54, 1.807) is 0 Å². The first kappa shape index (κ1) is 32.4. The van der Waals surface area contributed by atoms with Gasteiger partial charge < -0.3 is 23.2 Å². The van der Waals surface area contributed by atoms with E-state index in [1.807, 2.05) is 0 Å². The minimum atomic E-state index is -0.426. The van der Waals surface area contributed by atoms with Crippen molar-refractivity contribution >= 4 is 47.0 Å². The number of unbranched alkanes of at least 4 members (excludes halogenated alkanes) is 5. The van der Waals surface area contributed by atoms with E-state index >= 15 is 0 Å². The molecule has 2 aliphatic heterocycles. The van der Waals surface area contributed by atoms with Crippen LogP contribution in [0.15, 0.2) is 60.7 Å². The average Bonchev–Trinajstić information content (AvgIpc) is 3.51. The molecule has 45 heavy (non-hydrogen) atoms. The van der Waals surface area contributed by atoms with Gasteiger partial charge in [-0.25, -0.2) is 0 Å². The van der Waals surface area contributed by atoms with Crippen molar-refractivity contribution in [3.63, 3.8) is 0 Å². The highest BCUT2D eigenvalue weighted by Crippen LogP contribution is 2.39. The van der Waals surface area contributed by atoms with Crippen LogP contribution in [0.1, 0.15) is 106 Å². The molecule has 2 saturated heterocycles. The number of benzene rings is 3. The molecule has 2 aliphatic rings. The molecule has 5 nitrogen and oxygen atoms in total. The Morgan fingerprint density at radius 3 is 1.40 bits per heavy atom. The van der Waals surface area contributed by atoms with E-state index in [1.165, 1.54) is 44.1 Å². The summed E-state index contributed by atoms with van der Waals surface area (Å²) in [4.78, 5) is 0. The van der Waals surface area contributed by atoms with Gasteiger partial charge in [0.15, 0.2) is 0 Å². The van der Waals surface area contributed by atoms with Crippen LogP contribution >= 0.6 is 0 Å². The zero-order valence-corrected chi connectivity index (χ0v) is 29.0. The van der Waals surface area contributed by atoms with Crippen LogP contribution in [0.25, 0.3) is 27.5 Å². The molecule has 0 bridgehead atoms. The van der Waals surface area contributed by atoms with Gasteiger partial charge in [-0.15, -0.1) is 0 Å². The van der Waals surface area contributed by atoms with Crippen molar-refractivity contribution in [3.05, 3.63) is 66.2 Å². The van der Waals surface area contributed by atoms with Gasteiger partial charge in [0.1, 0.15) is 0 Å². The van der Waals surface area contributed by atoms with Crippen molar-refractivity contribution in [3.8, 4) is 5.69 Å². The maximum absolute atomic E-state index is 6.46. The Morgan fingerprint density at radius 2 is 0.956 bits per heavy atom. The quantitative estimate of drug-likeness (QED) is 0.134. The summed E-state index contributed by atoms with van der Waals surface area (Å²) in [5, 5.41) is 2.32. The van der Waals surface area contributed by atoms with E-state index < -0.39 is 36.6 Å². The van der Waals surface area contributed by atoms with Gasteiger partial charge in [-0.3, -0.25) is 0 Å². The van der Waals surface area contributed by atoms with Gasteiger partial charge in [-0.05, 0) is 109 Å². The lowest BCUT2D eigenvalue weighted by atomic mass is 9.77. The summed E-state index contributed by atoms with van der Waals surface area (Å²) >= 11 is 0. The van der Waals surface area contributed by atoms with E-state index in [9.17, 15) is 0 Å². The molecule has 238 valence electrons. The Morgan fingerprint density at radius 1 is 0.533 bits per heavy atom. The van der Waals surface area contributed by atoms with Gasteiger partial charge in [0.25, 0.3) is 0 Å². The van der Waals surface area contributed by atoms with Gasteiger partial charge in [0.05, 0.1) is 33.4 Å². The highest BCUT2D eigenvalue weighted by Gasteiger charge is 2.53. The predicted molar refractivity (Wildman–Crippen MR) is 189 cm³/mol. The molecular formula is C38H51B2NO4. The predicted octanol–water partition coefficient (Wildman–Crippen LogP) is 8.29. The minimum absolute atomic E-state index is 0.401. The fourth-order valence-electron chi connectivity index (χ4n) is 6.51. The van der Waals surface area contributed by atoms with Crippen molar-refractivity contribution in [2.24, 2.45) is 0 Å². The van der Waals surface area contributed by atoms with Crippen molar-refractivity contribution in [2.75, 3.05) is 0 Å². The van der Waals surface area contributed by atoms with Crippen molar-refractivity contribution < 1.29 is 18.6 Å². The summed E-state index contributed by atoms with van der Waals surface area (Å²) in [6.45, 7) is 19.1. The van der Waals surface area contributed by atoms with E-state index in [4.69, 9.17) is 18.6 Å². The molecule has 0 amide bonds. The van der Waals surface area contributed by atoms with E-state index in [2.05, 4.69) is 128 Å². The molecule has 0 unspecified atom stereocenters. The van der Waals surface area contributed by atoms with Crippen LogP contribution in [0.5, 0.6) is 0 Å². The summed E-state index contributed by atoms with van der Waals surface area (Å²) in [6.07, 6.45) is 9.04. The van der Waals surface area contributed by atoms with Crippen molar-refractivity contribution in [2.45, 2.75) is 130 Å². The zero-order chi connectivity index (χ0) is 32.2. The molecule has 3 heterocycles. The van der Waals surface area contributed by atoms with Crippen LogP contribution in [0.2, 0.25) is 0 Å². The highest BCUT2D eigenvalue weighted by molar-refractivity contribution is 6.63. The Hall–Kier alpha value is -2.57. The Bertz CT molecular complexity index is 1550. The standard InChI is InChI=1S/C38H51B2NO4/c1-10-11-12-13-14-15-16-27-17-21-30(22-18-27)41-33-23-19-28(39-42-35(2,3)36(4,5)43-39)25-31(33)32-26-29(20-24-34(32)41)40-44-37(6,7)38(8,9)45-40/h17-26H,10-16H2,1-9H3. The number of fused-ring (bicyclic) bond motifs is 3. The van der Waals surface area contributed by atoms with Crippen LogP contribution in [0, 0.1) is 0 Å². The fraction of sp³-hybridized carbons (Fsp3) is 0.526. The molecule has 7 heteroatoms. The largest absolute Gasteiger partial charge is 0.494 e. The maximum Gasteiger partial charge on any atom is 0.494 e. The Kier molecular flexibility index (Phi) is 8.56. The van der Waals surface area contributed by atoms with Gasteiger partial charge in [0.2, 0.25) is 0 Å². The lowest BCUT2D eigenvalue weighted by Gasteiger charge is -2.32. The molecular weight excluding hydrogens is 556 g/mol. The summed E-state index contributed by atoms with van der Waals surface area (Å²) < 4.78 is 28.2. The average molecular weight is 607 g/mol. The molecule has 0 N–H and O–H groups in total. The minimum Gasteiger partial charge on any atom is -0.399 e. The molecule has 1 aromatic heterocycles. The number of hydrogen-bond acceptors (Lipinski definition) is 4. The first-order chi connectivity index (χ1) is 21.2. The first-order valence-electron chi connectivity index (χ1n) is 17.1. The number of hydrogen-bond donors (Lipinski definition) is 0.